The number of rotatable bonds is 5. The summed E-state index contributed by atoms with van der Waals surface area (Å²) in [6.45, 7) is 6.65. The van der Waals surface area contributed by atoms with Crippen LogP contribution >= 0.6 is 12.4 Å². The average Bonchev–Trinajstić information content (AvgIpc) is 3.00. The van der Waals surface area contributed by atoms with E-state index in [1.54, 1.807) is 0 Å². The Balaban J connectivity index is 0.00000180. The second-order valence-corrected chi connectivity index (χ2v) is 6.40. The van der Waals surface area contributed by atoms with Crippen LogP contribution in [0.4, 0.5) is 0 Å². The van der Waals surface area contributed by atoms with Crippen molar-refractivity contribution in [2.24, 2.45) is 17.3 Å². The van der Waals surface area contributed by atoms with E-state index in [2.05, 4.69) is 24.5 Å². The Kier molecular flexibility index (Phi) is 6.09. The normalized spacial score (nSPS) is 25.8. The van der Waals surface area contributed by atoms with Crippen molar-refractivity contribution in [1.82, 2.24) is 10.6 Å². The summed E-state index contributed by atoms with van der Waals surface area (Å²) in [4.78, 5) is 12.0. The lowest BCUT2D eigenvalue weighted by atomic mass is 9.92. The molecule has 0 radical (unpaired) electrons. The van der Waals surface area contributed by atoms with Crippen LogP contribution in [0, 0.1) is 17.3 Å². The smallest absolute Gasteiger partial charge is 0.223 e. The zero-order valence-electron chi connectivity index (χ0n) is 11.9. The molecule has 0 aromatic rings. The van der Waals surface area contributed by atoms with Gasteiger partial charge < -0.3 is 15.7 Å². The first-order chi connectivity index (χ1) is 8.53. The molecular formula is C14H27ClN2O2. The second kappa shape index (κ2) is 6.91. The van der Waals surface area contributed by atoms with Gasteiger partial charge in [-0.1, -0.05) is 13.8 Å². The number of aliphatic hydroxyl groups excluding tert-OH is 1. The van der Waals surface area contributed by atoms with Gasteiger partial charge in [-0.25, -0.2) is 0 Å². The van der Waals surface area contributed by atoms with Crippen LogP contribution in [-0.4, -0.2) is 36.8 Å². The van der Waals surface area contributed by atoms with Crippen molar-refractivity contribution in [2.45, 2.75) is 45.6 Å². The van der Waals surface area contributed by atoms with E-state index in [1.165, 1.54) is 0 Å². The van der Waals surface area contributed by atoms with E-state index in [4.69, 9.17) is 0 Å². The first-order valence-corrected chi connectivity index (χ1v) is 7.20. The predicted octanol–water partition coefficient (Wildman–Crippen LogP) is 1.32. The van der Waals surface area contributed by atoms with Gasteiger partial charge in [-0.05, 0) is 50.1 Å². The second-order valence-electron chi connectivity index (χ2n) is 6.40. The lowest BCUT2D eigenvalue weighted by Crippen LogP contribution is -2.37. The van der Waals surface area contributed by atoms with E-state index in [0.29, 0.717) is 17.9 Å². The molecule has 2 unspecified atom stereocenters. The number of amides is 1. The molecule has 19 heavy (non-hydrogen) atoms. The van der Waals surface area contributed by atoms with Crippen molar-refractivity contribution in [2.75, 3.05) is 19.6 Å². The van der Waals surface area contributed by atoms with E-state index >= 15 is 0 Å². The summed E-state index contributed by atoms with van der Waals surface area (Å²) in [5, 5.41) is 16.0. The average molecular weight is 291 g/mol. The van der Waals surface area contributed by atoms with Crippen LogP contribution in [0.5, 0.6) is 0 Å². The molecule has 0 aromatic heterocycles. The molecule has 1 amide bonds. The quantitative estimate of drug-likeness (QED) is 0.716. The summed E-state index contributed by atoms with van der Waals surface area (Å²) >= 11 is 0. The van der Waals surface area contributed by atoms with Gasteiger partial charge in [0.1, 0.15) is 0 Å². The van der Waals surface area contributed by atoms with Crippen LogP contribution in [0.25, 0.3) is 0 Å². The molecule has 1 saturated carbocycles. The van der Waals surface area contributed by atoms with Crippen molar-refractivity contribution in [3.8, 4) is 0 Å². The Labute approximate surface area is 122 Å². The zero-order valence-corrected chi connectivity index (χ0v) is 12.8. The zero-order chi connectivity index (χ0) is 13.2. The lowest BCUT2D eigenvalue weighted by Gasteiger charge is -2.23. The Hall–Kier alpha value is -0.320. The van der Waals surface area contributed by atoms with Crippen molar-refractivity contribution < 1.29 is 9.90 Å². The number of carbonyl (C=O) groups is 1. The van der Waals surface area contributed by atoms with Crippen LogP contribution in [0.15, 0.2) is 0 Å². The highest BCUT2D eigenvalue weighted by Crippen LogP contribution is 2.58. The lowest BCUT2D eigenvalue weighted by molar-refractivity contribution is -0.123. The molecule has 1 heterocycles. The number of carbonyl (C=O) groups excluding carboxylic acids is 1. The first kappa shape index (κ1) is 16.7. The third-order valence-corrected chi connectivity index (χ3v) is 4.36. The molecule has 0 aromatic carbocycles. The molecule has 1 saturated heterocycles. The molecule has 3 N–H and O–H groups in total. The largest absolute Gasteiger partial charge is 0.391 e. The monoisotopic (exact) mass is 290 g/mol. The number of aliphatic hydroxyl groups is 1. The van der Waals surface area contributed by atoms with E-state index in [1.807, 2.05) is 0 Å². The van der Waals surface area contributed by atoms with Gasteiger partial charge >= 0.3 is 0 Å². The Morgan fingerprint density at radius 2 is 2.05 bits per heavy atom. The molecule has 1 spiro atoms. The molecule has 2 rings (SSSR count). The third kappa shape index (κ3) is 4.33. The fraction of sp³-hybridized carbons (Fsp3) is 0.929. The fourth-order valence-electron chi connectivity index (χ4n) is 3.16. The topological polar surface area (TPSA) is 61.4 Å². The number of halogens is 1. The van der Waals surface area contributed by atoms with Gasteiger partial charge in [0.15, 0.2) is 0 Å². The predicted molar refractivity (Wildman–Crippen MR) is 78.4 cm³/mol. The molecule has 1 aliphatic carbocycles. The summed E-state index contributed by atoms with van der Waals surface area (Å²) in [5.74, 6) is 0.819. The maximum absolute atomic E-state index is 12.0. The molecule has 5 heteroatoms. The van der Waals surface area contributed by atoms with Crippen LogP contribution in [0.1, 0.15) is 39.5 Å². The Bertz CT molecular complexity index is 304. The van der Waals surface area contributed by atoms with Crippen LogP contribution in [0.2, 0.25) is 0 Å². The molecular weight excluding hydrogens is 264 g/mol. The van der Waals surface area contributed by atoms with Crippen LogP contribution in [-0.2, 0) is 4.79 Å². The minimum atomic E-state index is -0.406. The van der Waals surface area contributed by atoms with Gasteiger partial charge in [0, 0.05) is 12.5 Å². The van der Waals surface area contributed by atoms with Gasteiger partial charge in [-0.2, -0.15) is 0 Å². The van der Waals surface area contributed by atoms with Gasteiger partial charge in [0.05, 0.1) is 6.10 Å². The Morgan fingerprint density at radius 1 is 1.42 bits per heavy atom. The van der Waals surface area contributed by atoms with Crippen molar-refractivity contribution in [3.05, 3.63) is 0 Å². The number of nitrogens with one attached hydrogen (secondary N) is 2. The number of hydrogen-bond donors (Lipinski definition) is 3. The summed E-state index contributed by atoms with van der Waals surface area (Å²) in [5.41, 5.74) is 0.290. The summed E-state index contributed by atoms with van der Waals surface area (Å²) in [6, 6.07) is 0. The minimum absolute atomic E-state index is 0. The van der Waals surface area contributed by atoms with E-state index in [0.717, 1.165) is 38.8 Å². The SMILES string of the molecule is CC(C)CC(O)CNC(=O)C1CC12CCNCC2.Cl. The van der Waals surface area contributed by atoms with Gasteiger partial charge in [-0.15, -0.1) is 12.4 Å². The third-order valence-electron chi connectivity index (χ3n) is 4.36. The number of piperidine rings is 1. The summed E-state index contributed by atoms with van der Waals surface area (Å²) in [6.07, 6.45) is 3.64. The van der Waals surface area contributed by atoms with Gasteiger partial charge in [0.2, 0.25) is 5.91 Å². The van der Waals surface area contributed by atoms with Crippen LogP contribution in [0.3, 0.4) is 0 Å². The molecule has 2 atom stereocenters. The summed E-state index contributed by atoms with van der Waals surface area (Å²) in [7, 11) is 0. The molecule has 0 bridgehead atoms. The molecule has 2 fully saturated rings. The maximum atomic E-state index is 12.0. The van der Waals surface area contributed by atoms with Gasteiger partial charge in [0.25, 0.3) is 0 Å². The molecule has 4 nitrogen and oxygen atoms in total. The highest BCUT2D eigenvalue weighted by Gasteiger charge is 2.57. The number of hydrogen-bond acceptors (Lipinski definition) is 3. The fourth-order valence-corrected chi connectivity index (χ4v) is 3.16. The standard InChI is InChI=1S/C14H26N2O2.ClH/c1-10(2)7-11(17)9-16-13(18)12-8-14(12)3-5-15-6-4-14;/h10-12,15,17H,3-9H2,1-2H3,(H,16,18);1H. The maximum Gasteiger partial charge on any atom is 0.223 e. The highest BCUT2D eigenvalue weighted by molar-refractivity contribution is 5.85. The first-order valence-electron chi connectivity index (χ1n) is 7.20. The van der Waals surface area contributed by atoms with E-state index < -0.39 is 6.10 Å². The minimum Gasteiger partial charge on any atom is -0.391 e. The van der Waals surface area contributed by atoms with E-state index in [-0.39, 0.29) is 24.2 Å². The van der Waals surface area contributed by atoms with Crippen molar-refractivity contribution >= 4 is 18.3 Å². The molecule has 2 aliphatic rings. The van der Waals surface area contributed by atoms with Crippen molar-refractivity contribution in [3.63, 3.8) is 0 Å². The van der Waals surface area contributed by atoms with E-state index in [9.17, 15) is 9.90 Å². The van der Waals surface area contributed by atoms with Crippen LogP contribution < -0.4 is 10.6 Å². The molecule has 112 valence electrons. The van der Waals surface area contributed by atoms with Crippen molar-refractivity contribution in [1.29, 1.82) is 0 Å². The Morgan fingerprint density at radius 3 is 2.63 bits per heavy atom. The summed E-state index contributed by atoms with van der Waals surface area (Å²) < 4.78 is 0. The highest BCUT2D eigenvalue weighted by atomic mass is 35.5. The molecule has 1 aliphatic heterocycles. The van der Waals surface area contributed by atoms with Gasteiger partial charge in [-0.3, -0.25) is 4.79 Å².